The normalized spacial score (nSPS) is 21.3. The van der Waals surface area contributed by atoms with E-state index in [-0.39, 0.29) is 12.4 Å². The maximum Gasteiger partial charge on any atom is 0.257 e. The highest BCUT2D eigenvalue weighted by Crippen LogP contribution is 2.39. The fourth-order valence-corrected chi connectivity index (χ4v) is 0.560. The zero-order valence-electron chi connectivity index (χ0n) is 4.73. The summed E-state index contributed by atoms with van der Waals surface area (Å²) in [6.07, 6.45) is -1.31. The number of hydrogen-bond donors (Lipinski definition) is 2. The molecule has 56 valence electrons. The molecule has 0 saturated heterocycles. The van der Waals surface area contributed by atoms with Crippen molar-refractivity contribution in [2.75, 3.05) is 0 Å². The minimum atomic E-state index is -2.31. The topological polar surface area (TPSA) is 38.0 Å². The minimum absolute atomic E-state index is 0. The summed E-state index contributed by atoms with van der Waals surface area (Å²) in [5, 5.41) is 0. The molecule has 5 heteroatoms. The van der Waals surface area contributed by atoms with Crippen LogP contribution in [0.25, 0.3) is 0 Å². The monoisotopic (exact) mass is 158 g/mol. The Balaban J connectivity index is 0.000000640. The Morgan fingerprint density at radius 1 is 1.44 bits per heavy atom. The van der Waals surface area contributed by atoms with E-state index in [0.717, 1.165) is 0 Å². The number of nitrogens with two attached hydrogens (primary N) is 1. The lowest BCUT2D eigenvalue weighted by molar-refractivity contribution is 0.0860. The van der Waals surface area contributed by atoms with Crippen molar-refractivity contribution in [1.82, 2.24) is 5.43 Å². The molecule has 1 aliphatic carbocycles. The van der Waals surface area contributed by atoms with E-state index < -0.39 is 12.0 Å². The van der Waals surface area contributed by atoms with Crippen molar-refractivity contribution >= 4 is 12.4 Å². The van der Waals surface area contributed by atoms with Crippen LogP contribution < -0.4 is 11.3 Å². The van der Waals surface area contributed by atoms with Gasteiger partial charge in [-0.25, -0.2) is 14.2 Å². The molecule has 0 amide bonds. The molecular weight excluding hydrogens is 150 g/mol. The Bertz CT molecular complexity index is 94.6. The first-order chi connectivity index (χ1) is 3.71. The molecule has 1 rings (SSSR count). The zero-order chi connectivity index (χ0) is 6.20. The van der Waals surface area contributed by atoms with Gasteiger partial charge in [-0.3, -0.25) is 5.84 Å². The molecule has 0 spiro atoms. The summed E-state index contributed by atoms with van der Waals surface area (Å²) in [6, 6.07) is 0. The molecule has 0 bridgehead atoms. The van der Waals surface area contributed by atoms with E-state index in [1.54, 1.807) is 0 Å². The van der Waals surface area contributed by atoms with Crippen LogP contribution in [0.1, 0.15) is 12.8 Å². The average Bonchev–Trinajstić information content (AvgIpc) is 2.44. The van der Waals surface area contributed by atoms with Gasteiger partial charge in [0.05, 0.1) is 5.54 Å². The van der Waals surface area contributed by atoms with Crippen molar-refractivity contribution in [3.05, 3.63) is 0 Å². The fourth-order valence-electron chi connectivity index (χ4n) is 0.560. The Morgan fingerprint density at radius 2 is 1.89 bits per heavy atom. The molecule has 0 aromatic rings. The van der Waals surface area contributed by atoms with Gasteiger partial charge in [-0.2, -0.15) is 0 Å². The van der Waals surface area contributed by atoms with Gasteiger partial charge >= 0.3 is 0 Å². The SMILES string of the molecule is Cl.NNC1(C(F)F)CC1. The van der Waals surface area contributed by atoms with E-state index in [1.165, 1.54) is 0 Å². The third kappa shape index (κ3) is 1.50. The smallest absolute Gasteiger partial charge is 0.257 e. The fraction of sp³-hybridized carbons (Fsp3) is 1.00. The van der Waals surface area contributed by atoms with Crippen molar-refractivity contribution in [1.29, 1.82) is 0 Å². The van der Waals surface area contributed by atoms with Crippen molar-refractivity contribution in [2.45, 2.75) is 24.8 Å². The van der Waals surface area contributed by atoms with Crippen LogP contribution in [-0.4, -0.2) is 12.0 Å². The van der Waals surface area contributed by atoms with Gasteiger partial charge < -0.3 is 0 Å². The molecule has 1 fully saturated rings. The number of alkyl halides is 2. The highest BCUT2D eigenvalue weighted by Gasteiger charge is 2.50. The molecule has 3 N–H and O–H groups in total. The van der Waals surface area contributed by atoms with Gasteiger partial charge in [0.15, 0.2) is 0 Å². The Hall–Kier alpha value is 0.0700. The van der Waals surface area contributed by atoms with Crippen molar-refractivity contribution in [3.63, 3.8) is 0 Å². The van der Waals surface area contributed by atoms with Crippen LogP contribution >= 0.6 is 12.4 Å². The van der Waals surface area contributed by atoms with Crippen LogP contribution in [0.4, 0.5) is 8.78 Å². The average molecular weight is 159 g/mol. The second-order valence-electron chi connectivity index (χ2n) is 2.10. The van der Waals surface area contributed by atoms with E-state index in [4.69, 9.17) is 5.84 Å². The van der Waals surface area contributed by atoms with Gasteiger partial charge in [0.2, 0.25) is 0 Å². The Kier molecular flexibility index (Phi) is 2.79. The predicted molar refractivity (Wildman–Crippen MR) is 32.5 cm³/mol. The van der Waals surface area contributed by atoms with Crippen molar-refractivity contribution < 1.29 is 8.78 Å². The van der Waals surface area contributed by atoms with Crippen LogP contribution in [0, 0.1) is 0 Å². The van der Waals surface area contributed by atoms with Gasteiger partial charge in [-0.05, 0) is 12.8 Å². The summed E-state index contributed by atoms with van der Waals surface area (Å²) in [5.74, 6) is 4.84. The highest BCUT2D eigenvalue weighted by atomic mass is 35.5. The zero-order valence-corrected chi connectivity index (χ0v) is 5.55. The molecule has 0 aromatic heterocycles. The van der Waals surface area contributed by atoms with E-state index in [0.29, 0.717) is 12.8 Å². The van der Waals surface area contributed by atoms with Crippen molar-refractivity contribution in [2.24, 2.45) is 5.84 Å². The van der Waals surface area contributed by atoms with Gasteiger partial charge in [0, 0.05) is 0 Å². The maximum atomic E-state index is 11.7. The summed E-state index contributed by atoms with van der Waals surface area (Å²) in [4.78, 5) is 0. The molecule has 1 aliphatic rings. The Labute approximate surface area is 58.2 Å². The number of hydrazine groups is 1. The largest absolute Gasteiger partial charge is 0.271 e. The molecule has 9 heavy (non-hydrogen) atoms. The van der Waals surface area contributed by atoms with E-state index >= 15 is 0 Å². The molecule has 1 saturated carbocycles. The van der Waals surface area contributed by atoms with Gasteiger partial charge in [0.25, 0.3) is 6.43 Å². The van der Waals surface area contributed by atoms with Crippen LogP contribution in [0.2, 0.25) is 0 Å². The molecule has 0 aliphatic heterocycles. The molecule has 0 unspecified atom stereocenters. The standard InChI is InChI=1S/C4H8F2N2.ClH/c5-3(6)4(8-7)1-2-4;/h3,8H,1-2,7H2;1H. The van der Waals surface area contributed by atoms with Gasteiger partial charge in [-0.15, -0.1) is 12.4 Å². The predicted octanol–water partition coefficient (Wildman–Crippen LogP) is 0.669. The third-order valence-corrected chi connectivity index (χ3v) is 1.49. The van der Waals surface area contributed by atoms with E-state index in [9.17, 15) is 8.78 Å². The lowest BCUT2D eigenvalue weighted by atomic mass is 10.3. The molecule has 2 nitrogen and oxygen atoms in total. The first-order valence-corrected chi connectivity index (χ1v) is 2.47. The maximum absolute atomic E-state index is 11.7. The number of halogens is 3. The number of hydrogen-bond acceptors (Lipinski definition) is 2. The first-order valence-electron chi connectivity index (χ1n) is 2.47. The van der Waals surface area contributed by atoms with Crippen LogP contribution in [0.5, 0.6) is 0 Å². The minimum Gasteiger partial charge on any atom is -0.271 e. The molecule has 0 atom stereocenters. The summed E-state index contributed by atoms with van der Waals surface area (Å²) < 4.78 is 23.5. The summed E-state index contributed by atoms with van der Waals surface area (Å²) in [7, 11) is 0. The second kappa shape index (κ2) is 2.77. The molecule has 0 aromatic carbocycles. The summed E-state index contributed by atoms with van der Waals surface area (Å²) >= 11 is 0. The summed E-state index contributed by atoms with van der Waals surface area (Å²) in [5.41, 5.74) is 1.09. The van der Waals surface area contributed by atoms with E-state index in [2.05, 4.69) is 5.43 Å². The molecule has 0 radical (unpaired) electrons. The number of rotatable bonds is 2. The van der Waals surface area contributed by atoms with Gasteiger partial charge in [-0.1, -0.05) is 0 Å². The molecular formula is C4H9ClF2N2. The lowest BCUT2D eigenvalue weighted by Crippen LogP contribution is -2.42. The van der Waals surface area contributed by atoms with Gasteiger partial charge in [0.1, 0.15) is 0 Å². The van der Waals surface area contributed by atoms with Crippen molar-refractivity contribution in [3.8, 4) is 0 Å². The second-order valence-corrected chi connectivity index (χ2v) is 2.10. The molecule has 0 heterocycles. The Morgan fingerprint density at radius 3 is 1.89 bits per heavy atom. The third-order valence-electron chi connectivity index (χ3n) is 1.49. The first kappa shape index (κ1) is 9.07. The van der Waals surface area contributed by atoms with Crippen LogP contribution in [0.3, 0.4) is 0 Å². The lowest BCUT2D eigenvalue weighted by Gasteiger charge is -2.10. The quantitative estimate of drug-likeness (QED) is 0.458. The number of nitrogens with one attached hydrogen (secondary N) is 1. The summed E-state index contributed by atoms with van der Waals surface area (Å²) in [6.45, 7) is 0. The van der Waals surface area contributed by atoms with Crippen LogP contribution in [-0.2, 0) is 0 Å². The highest BCUT2D eigenvalue weighted by molar-refractivity contribution is 5.85. The van der Waals surface area contributed by atoms with E-state index in [1.807, 2.05) is 0 Å². The van der Waals surface area contributed by atoms with Crippen LogP contribution in [0.15, 0.2) is 0 Å².